The molecule has 16 heavy (non-hydrogen) atoms. The molecule has 5 nitrogen and oxygen atoms in total. The minimum Gasteiger partial charge on any atom is -0.359 e. The number of amides is 2. The highest BCUT2D eigenvalue weighted by molar-refractivity contribution is 5.83. The fourth-order valence-electron chi connectivity index (χ4n) is 1.13. The van der Waals surface area contributed by atoms with Crippen LogP contribution in [0.15, 0.2) is 0 Å². The first-order valence-electron chi connectivity index (χ1n) is 5.48. The fraction of sp³-hybridized carbons (Fsp3) is 0.818. The minimum absolute atomic E-state index is 0.0961. The van der Waals surface area contributed by atoms with Crippen LogP contribution in [0.5, 0.6) is 0 Å². The van der Waals surface area contributed by atoms with Crippen LogP contribution in [0.25, 0.3) is 0 Å². The zero-order valence-corrected chi connectivity index (χ0v) is 10.8. The topological polar surface area (TPSA) is 84.2 Å². The lowest BCUT2D eigenvalue weighted by molar-refractivity contribution is -0.130. The lowest BCUT2D eigenvalue weighted by Crippen LogP contribution is -2.46. The van der Waals surface area contributed by atoms with Gasteiger partial charge in [-0.25, -0.2) is 0 Å². The van der Waals surface area contributed by atoms with E-state index in [0.717, 1.165) is 0 Å². The van der Waals surface area contributed by atoms with E-state index in [-0.39, 0.29) is 23.8 Å². The van der Waals surface area contributed by atoms with Gasteiger partial charge in [0.25, 0.3) is 0 Å². The summed E-state index contributed by atoms with van der Waals surface area (Å²) in [6, 6.07) is -0.192. The summed E-state index contributed by atoms with van der Waals surface area (Å²) in [5.41, 5.74) is 5.01. The highest BCUT2D eigenvalue weighted by Crippen LogP contribution is 2.13. The van der Waals surface area contributed by atoms with E-state index in [1.165, 1.54) is 0 Å². The van der Waals surface area contributed by atoms with Crippen LogP contribution in [0.2, 0.25) is 0 Å². The first-order chi connectivity index (χ1) is 7.22. The Morgan fingerprint density at radius 1 is 1.31 bits per heavy atom. The van der Waals surface area contributed by atoms with Crippen molar-refractivity contribution in [3.05, 3.63) is 0 Å². The maximum atomic E-state index is 11.6. The van der Waals surface area contributed by atoms with Crippen LogP contribution in [-0.4, -0.2) is 31.4 Å². The Bertz CT molecular complexity index is 262. The molecule has 0 aliphatic heterocycles. The highest BCUT2D eigenvalue weighted by Gasteiger charge is 2.28. The molecule has 0 aromatic rings. The molecule has 0 radical (unpaired) electrons. The molecule has 94 valence electrons. The van der Waals surface area contributed by atoms with Gasteiger partial charge in [0.15, 0.2) is 0 Å². The van der Waals surface area contributed by atoms with Crippen molar-refractivity contribution in [2.45, 2.75) is 33.7 Å². The van der Waals surface area contributed by atoms with Crippen LogP contribution in [0, 0.1) is 11.3 Å². The van der Waals surface area contributed by atoms with Gasteiger partial charge in [-0.1, -0.05) is 6.92 Å². The third-order valence-electron chi connectivity index (χ3n) is 2.75. The van der Waals surface area contributed by atoms with E-state index in [0.29, 0.717) is 6.54 Å². The molecular formula is C11H23N3O2. The van der Waals surface area contributed by atoms with E-state index in [1.807, 2.05) is 0 Å². The van der Waals surface area contributed by atoms with Crippen molar-refractivity contribution >= 4 is 11.8 Å². The Morgan fingerprint density at radius 3 is 2.19 bits per heavy atom. The summed E-state index contributed by atoms with van der Waals surface area (Å²) < 4.78 is 0. The van der Waals surface area contributed by atoms with Gasteiger partial charge in [0.1, 0.15) is 0 Å². The molecule has 0 heterocycles. The lowest BCUT2D eigenvalue weighted by Gasteiger charge is -2.24. The third kappa shape index (κ3) is 4.18. The Kier molecular flexibility index (Phi) is 5.44. The van der Waals surface area contributed by atoms with Crippen molar-refractivity contribution in [3.8, 4) is 0 Å². The predicted octanol–water partition coefficient (Wildman–Crippen LogP) is -0.142. The van der Waals surface area contributed by atoms with Crippen molar-refractivity contribution in [1.82, 2.24) is 10.6 Å². The number of nitrogens with two attached hydrogens (primary N) is 1. The highest BCUT2D eigenvalue weighted by atomic mass is 16.2. The van der Waals surface area contributed by atoms with Gasteiger partial charge >= 0.3 is 0 Å². The Morgan fingerprint density at radius 2 is 1.81 bits per heavy atom. The first-order valence-corrected chi connectivity index (χ1v) is 5.48. The summed E-state index contributed by atoms with van der Waals surface area (Å²) in [6.45, 7) is 7.43. The Hall–Kier alpha value is -1.10. The smallest absolute Gasteiger partial charge is 0.227 e. The molecule has 2 unspecified atom stereocenters. The molecule has 0 fully saturated rings. The molecule has 0 bridgehead atoms. The molecule has 0 rings (SSSR count). The Labute approximate surface area is 97.2 Å². The SMILES string of the molecule is CNC(=O)C(C)(C)CNC(=O)C(C)C(C)N. The van der Waals surface area contributed by atoms with E-state index in [4.69, 9.17) is 5.73 Å². The maximum absolute atomic E-state index is 11.6. The standard InChI is InChI=1S/C11H23N3O2/c1-7(8(2)12)9(15)14-6-11(3,4)10(16)13-5/h7-8H,6,12H2,1-5H3,(H,13,16)(H,14,15). The summed E-state index contributed by atoms with van der Waals surface area (Å²) in [7, 11) is 1.58. The molecule has 0 aliphatic carbocycles. The number of carbonyl (C=O) groups is 2. The van der Waals surface area contributed by atoms with Crippen molar-refractivity contribution in [2.24, 2.45) is 17.1 Å². The number of rotatable bonds is 5. The van der Waals surface area contributed by atoms with Crippen molar-refractivity contribution in [3.63, 3.8) is 0 Å². The number of nitrogens with one attached hydrogen (secondary N) is 2. The van der Waals surface area contributed by atoms with Crippen molar-refractivity contribution in [1.29, 1.82) is 0 Å². The summed E-state index contributed by atoms with van der Waals surface area (Å²) in [5.74, 6) is -0.464. The molecule has 0 aromatic heterocycles. The van der Waals surface area contributed by atoms with Crippen LogP contribution < -0.4 is 16.4 Å². The van der Waals surface area contributed by atoms with E-state index < -0.39 is 5.41 Å². The van der Waals surface area contributed by atoms with Gasteiger partial charge in [0, 0.05) is 25.6 Å². The van der Waals surface area contributed by atoms with E-state index >= 15 is 0 Å². The molecule has 0 saturated heterocycles. The van der Waals surface area contributed by atoms with Gasteiger partial charge in [-0.2, -0.15) is 0 Å². The van der Waals surface area contributed by atoms with Crippen LogP contribution in [0.3, 0.4) is 0 Å². The van der Waals surface area contributed by atoms with Gasteiger partial charge < -0.3 is 16.4 Å². The third-order valence-corrected chi connectivity index (χ3v) is 2.75. The van der Waals surface area contributed by atoms with Gasteiger partial charge in [-0.3, -0.25) is 9.59 Å². The van der Waals surface area contributed by atoms with Gasteiger partial charge in [-0.15, -0.1) is 0 Å². The lowest BCUT2D eigenvalue weighted by atomic mass is 9.92. The molecule has 0 aromatic carbocycles. The number of hydrogen-bond donors (Lipinski definition) is 3. The summed E-state index contributed by atoms with van der Waals surface area (Å²) >= 11 is 0. The molecular weight excluding hydrogens is 206 g/mol. The zero-order chi connectivity index (χ0) is 12.9. The fourth-order valence-corrected chi connectivity index (χ4v) is 1.13. The van der Waals surface area contributed by atoms with E-state index in [9.17, 15) is 9.59 Å². The van der Waals surface area contributed by atoms with Crippen LogP contribution >= 0.6 is 0 Å². The van der Waals surface area contributed by atoms with Crippen LogP contribution in [-0.2, 0) is 9.59 Å². The van der Waals surface area contributed by atoms with Gasteiger partial charge in [0.05, 0.1) is 5.41 Å². The molecule has 0 aliphatic rings. The summed E-state index contributed by atoms with van der Waals surface area (Å²) in [4.78, 5) is 23.1. The molecule has 4 N–H and O–H groups in total. The molecule has 0 spiro atoms. The van der Waals surface area contributed by atoms with Crippen molar-refractivity contribution < 1.29 is 9.59 Å². The second kappa shape index (κ2) is 5.84. The zero-order valence-electron chi connectivity index (χ0n) is 10.8. The van der Waals surface area contributed by atoms with E-state index in [1.54, 1.807) is 34.7 Å². The minimum atomic E-state index is -0.609. The van der Waals surface area contributed by atoms with Crippen molar-refractivity contribution in [2.75, 3.05) is 13.6 Å². The monoisotopic (exact) mass is 229 g/mol. The van der Waals surface area contributed by atoms with Crippen LogP contribution in [0.1, 0.15) is 27.7 Å². The quantitative estimate of drug-likeness (QED) is 0.613. The molecule has 2 amide bonds. The Balaban J connectivity index is 4.25. The predicted molar refractivity (Wildman–Crippen MR) is 63.7 cm³/mol. The maximum Gasteiger partial charge on any atom is 0.227 e. The average molecular weight is 229 g/mol. The number of carbonyl (C=O) groups excluding carboxylic acids is 2. The largest absolute Gasteiger partial charge is 0.359 e. The number of hydrogen-bond acceptors (Lipinski definition) is 3. The molecule has 5 heteroatoms. The van der Waals surface area contributed by atoms with Crippen LogP contribution in [0.4, 0.5) is 0 Å². The summed E-state index contributed by atoms with van der Waals surface area (Å²) in [5, 5.41) is 5.31. The summed E-state index contributed by atoms with van der Waals surface area (Å²) in [6.07, 6.45) is 0. The van der Waals surface area contributed by atoms with Gasteiger partial charge in [0.2, 0.25) is 11.8 Å². The van der Waals surface area contributed by atoms with Gasteiger partial charge in [-0.05, 0) is 20.8 Å². The average Bonchev–Trinajstić information content (AvgIpc) is 2.23. The second-order valence-corrected chi connectivity index (χ2v) is 4.83. The second-order valence-electron chi connectivity index (χ2n) is 4.83. The normalized spacial score (nSPS) is 15.1. The van der Waals surface area contributed by atoms with E-state index in [2.05, 4.69) is 10.6 Å². The first kappa shape index (κ1) is 14.9. The molecule has 2 atom stereocenters. The molecule has 0 saturated carbocycles.